The van der Waals surface area contributed by atoms with E-state index in [1.165, 1.54) is 0 Å². The highest BCUT2D eigenvalue weighted by Gasteiger charge is 2.21. The highest BCUT2D eigenvalue weighted by molar-refractivity contribution is 14.1. The second-order valence-corrected chi connectivity index (χ2v) is 5.51. The summed E-state index contributed by atoms with van der Waals surface area (Å²) in [5.41, 5.74) is -0.673. The Balaban J connectivity index is 3.52. The molecule has 1 heterocycles. The van der Waals surface area contributed by atoms with Gasteiger partial charge in [0.15, 0.2) is 5.03 Å². The number of pyridine rings is 1. The summed E-state index contributed by atoms with van der Waals surface area (Å²) in [7, 11) is -4.19. The summed E-state index contributed by atoms with van der Waals surface area (Å²) in [4.78, 5) is 3.20. The van der Waals surface area contributed by atoms with E-state index in [4.69, 9.17) is 16.7 Å². The normalized spacial score (nSPS) is 12.1. The van der Waals surface area contributed by atoms with Gasteiger partial charge in [-0.1, -0.05) is 11.6 Å². The fourth-order valence-electron chi connectivity index (χ4n) is 0.794. The van der Waals surface area contributed by atoms with E-state index in [0.29, 0.717) is 0 Å². The number of nitrogens with two attached hydrogens (primary N) is 1. The van der Waals surface area contributed by atoms with Crippen molar-refractivity contribution in [3.05, 3.63) is 20.4 Å². The molecule has 0 saturated heterocycles. The molecule has 0 amide bonds. The van der Waals surface area contributed by atoms with Gasteiger partial charge >= 0.3 is 0 Å². The number of halogens is 4. The maximum Gasteiger partial charge on any atom is 0.280 e. The average Bonchev–Trinajstić information content (AvgIpc) is 2.06. The van der Waals surface area contributed by atoms with Crippen molar-refractivity contribution in [2.45, 2.75) is 11.5 Å². The van der Waals surface area contributed by atoms with Crippen molar-refractivity contribution in [3.63, 3.8) is 0 Å². The lowest BCUT2D eigenvalue weighted by Crippen LogP contribution is -2.16. The van der Waals surface area contributed by atoms with Crippen LogP contribution in [0.4, 0.5) is 8.78 Å². The Kier molecular flexibility index (Phi) is 3.85. The van der Waals surface area contributed by atoms with E-state index in [1.54, 1.807) is 22.6 Å². The molecular weight excluding hydrogens is 364 g/mol. The molecule has 4 nitrogen and oxygen atoms in total. The monoisotopic (exact) mass is 368 g/mol. The standard InChI is InChI=1S/C6H4ClF2IN2O2S/c7-4-2(10)1-3(5(8)9)12-6(4)15(11,13)14/h1,5H,(H2,11,13,14). The predicted octanol–water partition coefficient (Wildman–Crippen LogP) is 1.92. The lowest BCUT2D eigenvalue weighted by molar-refractivity contribution is 0.145. The summed E-state index contributed by atoms with van der Waals surface area (Å²) in [6.07, 6.45) is -2.88. The molecule has 1 rings (SSSR count). The number of rotatable bonds is 2. The van der Waals surface area contributed by atoms with Crippen molar-refractivity contribution in [2.24, 2.45) is 5.14 Å². The first-order valence-electron chi connectivity index (χ1n) is 3.40. The highest BCUT2D eigenvalue weighted by atomic mass is 127. The number of aromatic nitrogens is 1. The van der Waals surface area contributed by atoms with Gasteiger partial charge in [-0.25, -0.2) is 27.3 Å². The molecule has 1 aromatic heterocycles. The van der Waals surface area contributed by atoms with Crippen LogP contribution in [-0.2, 0) is 10.0 Å². The number of alkyl halides is 2. The predicted molar refractivity (Wildman–Crippen MR) is 58.3 cm³/mol. The summed E-state index contributed by atoms with van der Waals surface area (Å²) in [5, 5.41) is 3.79. The Labute approximate surface area is 103 Å². The van der Waals surface area contributed by atoms with Crippen molar-refractivity contribution in [3.8, 4) is 0 Å². The summed E-state index contributed by atoms with van der Waals surface area (Å²) < 4.78 is 46.7. The van der Waals surface area contributed by atoms with Crippen molar-refractivity contribution in [1.82, 2.24) is 4.98 Å². The van der Waals surface area contributed by atoms with Crippen LogP contribution in [0.5, 0.6) is 0 Å². The number of primary sulfonamides is 1. The van der Waals surface area contributed by atoms with E-state index in [2.05, 4.69) is 4.98 Å². The maximum atomic E-state index is 12.3. The fourth-order valence-corrected chi connectivity index (χ4v) is 2.56. The molecule has 0 atom stereocenters. The molecular formula is C6H4ClF2IN2O2S. The molecule has 15 heavy (non-hydrogen) atoms. The number of hydrogen-bond acceptors (Lipinski definition) is 3. The maximum absolute atomic E-state index is 12.3. The van der Waals surface area contributed by atoms with E-state index < -0.39 is 27.2 Å². The van der Waals surface area contributed by atoms with E-state index in [9.17, 15) is 17.2 Å². The second-order valence-electron chi connectivity index (χ2n) is 2.49. The zero-order valence-corrected chi connectivity index (χ0v) is 10.6. The zero-order valence-electron chi connectivity index (χ0n) is 6.92. The van der Waals surface area contributed by atoms with Crippen LogP contribution in [0.25, 0.3) is 0 Å². The molecule has 0 saturated carbocycles. The van der Waals surface area contributed by atoms with Crippen molar-refractivity contribution in [2.75, 3.05) is 0 Å². The van der Waals surface area contributed by atoms with Crippen molar-refractivity contribution in [1.29, 1.82) is 0 Å². The van der Waals surface area contributed by atoms with Crippen LogP contribution in [0, 0.1) is 3.57 Å². The first-order valence-corrected chi connectivity index (χ1v) is 6.40. The molecule has 2 N–H and O–H groups in total. The van der Waals surface area contributed by atoms with E-state index in [-0.39, 0.29) is 8.59 Å². The lowest BCUT2D eigenvalue weighted by atomic mass is 10.4. The first-order chi connectivity index (χ1) is 6.73. The summed E-state index contributed by atoms with van der Waals surface area (Å²) >= 11 is 7.20. The third kappa shape index (κ3) is 2.95. The molecule has 9 heteroatoms. The Bertz CT molecular complexity index is 494. The van der Waals surface area contributed by atoms with E-state index in [0.717, 1.165) is 6.07 Å². The van der Waals surface area contributed by atoms with Gasteiger partial charge in [-0.2, -0.15) is 0 Å². The minimum Gasteiger partial charge on any atom is -0.233 e. The molecule has 0 aliphatic heterocycles. The van der Waals surface area contributed by atoms with E-state index in [1.807, 2.05) is 0 Å². The van der Waals surface area contributed by atoms with Gasteiger partial charge in [-0.3, -0.25) is 0 Å². The van der Waals surface area contributed by atoms with E-state index >= 15 is 0 Å². The molecule has 0 aromatic carbocycles. The third-order valence-corrected chi connectivity index (χ3v) is 3.89. The average molecular weight is 369 g/mol. The number of sulfonamides is 1. The minimum atomic E-state index is -4.19. The SMILES string of the molecule is NS(=O)(=O)c1nc(C(F)F)cc(I)c1Cl. The Morgan fingerprint density at radius 2 is 2.07 bits per heavy atom. The lowest BCUT2D eigenvalue weighted by Gasteiger charge is -2.06. The fraction of sp³-hybridized carbons (Fsp3) is 0.167. The summed E-state index contributed by atoms with van der Waals surface area (Å²) in [6, 6.07) is 1.00. The van der Waals surface area contributed by atoms with Crippen LogP contribution in [0.1, 0.15) is 12.1 Å². The largest absolute Gasteiger partial charge is 0.280 e. The van der Waals surface area contributed by atoms with Crippen LogP contribution < -0.4 is 5.14 Å². The topological polar surface area (TPSA) is 73.1 Å². The Morgan fingerprint density at radius 3 is 2.47 bits per heavy atom. The van der Waals surface area contributed by atoms with Gasteiger partial charge < -0.3 is 0 Å². The summed E-state index contributed by atoms with van der Waals surface area (Å²) in [5.74, 6) is 0. The van der Waals surface area contributed by atoms with Crippen molar-refractivity contribution < 1.29 is 17.2 Å². The Morgan fingerprint density at radius 1 is 1.53 bits per heavy atom. The number of nitrogens with zero attached hydrogens (tertiary/aromatic N) is 1. The highest BCUT2D eigenvalue weighted by Crippen LogP contribution is 2.28. The van der Waals surface area contributed by atoms with Crippen LogP contribution in [0.2, 0.25) is 5.02 Å². The van der Waals surface area contributed by atoms with Gasteiger partial charge in [-0.05, 0) is 28.7 Å². The van der Waals surface area contributed by atoms with Crippen LogP contribution in [-0.4, -0.2) is 13.4 Å². The second kappa shape index (κ2) is 4.44. The molecule has 84 valence electrons. The minimum absolute atomic E-state index is 0.156. The smallest absolute Gasteiger partial charge is 0.233 e. The molecule has 0 unspecified atom stereocenters. The molecule has 0 aliphatic carbocycles. The van der Waals surface area contributed by atoms with Crippen LogP contribution in [0.3, 0.4) is 0 Å². The molecule has 0 fully saturated rings. The molecule has 1 aromatic rings. The van der Waals surface area contributed by atoms with Gasteiger partial charge in [-0.15, -0.1) is 0 Å². The molecule has 0 bridgehead atoms. The summed E-state index contributed by atoms with van der Waals surface area (Å²) in [6.45, 7) is 0. The van der Waals surface area contributed by atoms with Gasteiger partial charge in [0, 0.05) is 3.57 Å². The molecule has 0 spiro atoms. The zero-order chi connectivity index (χ0) is 11.8. The van der Waals surface area contributed by atoms with Crippen LogP contribution in [0.15, 0.2) is 11.1 Å². The van der Waals surface area contributed by atoms with Gasteiger partial charge in [0.1, 0.15) is 5.69 Å². The van der Waals surface area contributed by atoms with Crippen LogP contribution >= 0.6 is 34.2 Å². The van der Waals surface area contributed by atoms with Gasteiger partial charge in [0.05, 0.1) is 5.02 Å². The van der Waals surface area contributed by atoms with Gasteiger partial charge in [0.2, 0.25) is 0 Å². The molecule has 0 radical (unpaired) electrons. The molecule has 0 aliphatic rings. The van der Waals surface area contributed by atoms with Crippen molar-refractivity contribution >= 4 is 44.2 Å². The Hall–Kier alpha value is -0.0600. The quantitative estimate of drug-likeness (QED) is 0.811. The number of hydrogen-bond donors (Lipinski definition) is 1. The first kappa shape index (κ1) is 13.0. The third-order valence-electron chi connectivity index (χ3n) is 1.40. The van der Waals surface area contributed by atoms with Gasteiger partial charge in [0.25, 0.3) is 16.4 Å².